The van der Waals surface area contributed by atoms with Crippen molar-refractivity contribution in [1.29, 1.82) is 0 Å². The molecule has 1 saturated carbocycles. The lowest BCUT2D eigenvalue weighted by atomic mass is 9.93. The molecule has 2 fully saturated rings. The molecule has 2 atom stereocenters. The van der Waals surface area contributed by atoms with E-state index in [0.29, 0.717) is 12.3 Å². The number of rotatable bonds is 3. The zero-order chi connectivity index (χ0) is 13.7. The van der Waals surface area contributed by atoms with Crippen LogP contribution in [-0.4, -0.2) is 49.7 Å². The molecule has 1 N–H and O–H groups in total. The molecule has 1 aliphatic carbocycles. The number of ether oxygens (including phenoxy) is 1. The normalized spacial score (nSPS) is 30.8. The molecular weight excluding hydrogens is 240 g/mol. The molecule has 2 rings (SSSR count). The number of nitrogens with zero attached hydrogens (tertiary/aromatic N) is 1. The van der Waals surface area contributed by atoms with E-state index in [-0.39, 0.29) is 12.0 Å². The highest BCUT2D eigenvalue weighted by molar-refractivity contribution is 5.69. The summed E-state index contributed by atoms with van der Waals surface area (Å²) < 4.78 is 4.80. The van der Waals surface area contributed by atoms with Gasteiger partial charge in [0.25, 0.3) is 0 Å². The molecule has 0 aromatic carbocycles. The molecule has 1 heterocycles. The van der Waals surface area contributed by atoms with Crippen LogP contribution in [0.15, 0.2) is 0 Å². The van der Waals surface area contributed by atoms with Gasteiger partial charge in [0, 0.05) is 25.2 Å². The van der Waals surface area contributed by atoms with Gasteiger partial charge in [-0.05, 0) is 25.3 Å². The molecule has 0 amide bonds. The van der Waals surface area contributed by atoms with Gasteiger partial charge < -0.3 is 10.1 Å². The van der Waals surface area contributed by atoms with Crippen LogP contribution in [0.3, 0.4) is 0 Å². The summed E-state index contributed by atoms with van der Waals surface area (Å²) in [7, 11) is 1.47. The van der Waals surface area contributed by atoms with E-state index >= 15 is 0 Å². The lowest BCUT2D eigenvalue weighted by Gasteiger charge is -2.35. The first-order chi connectivity index (χ1) is 9.19. The standard InChI is InChI=1S/C15H28N2O2/c1-12-9-16-13(8-15(18)19-2)11-17(10-12)14-6-4-3-5-7-14/h12-14,16H,3-11H2,1-2H3. The third-order valence-corrected chi connectivity index (χ3v) is 4.49. The predicted molar refractivity (Wildman–Crippen MR) is 76.0 cm³/mol. The van der Waals surface area contributed by atoms with Crippen LogP contribution in [-0.2, 0) is 9.53 Å². The molecule has 4 nitrogen and oxygen atoms in total. The lowest BCUT2D eigenvalue weighted by molar-refractivity contribution is -0.141. The maximum absolute atomic E-state index is 11.5. The van der Waals surface area contributed by atoms with Crippen LogP contribution in [0.5, 0.6) is 0 Å². The highest BCUT2D eigenvalue weighted by Gasteiger charge is 2.28. The minimum absolute atomic E-state index is 0.101. The van der Waals surface area contributed by atoms with Crippen LogP contribution >= 0.6 is 0 Å². The van der Waals surface area contributed by atoms with Gasteiger partial charge in [-0.25, -0.2) is 0 Å². The molecule has 0 aromatic heterocycles. The monoisotopic (exact) mass is 268 g/mol. The minimum Gasteiger partial charge on any atom is -0.469 e. The van der Waals surface area contributed by atoms with Gasteiger partial charge in [-0.1, -0.05) is 26.2 Å². The Morgan fingerprint density at radius 3 is 2.68 bits per heavy atom. The van der Waals surface area contributed by atoms with Crippen molar-refractivity contribution in [3.05, 3.63) is 0 Å². The second-order valence-corrected chi connectivity index (χ2v) is 6.24. The first-order valence-electron chi connectivity index (χ1n) is 7.73. The van der Waals surface area contributed by atoms with Crippen molar-refractivity contribution in [3.63, 3.8) is 0 Å². The van der Waals surface area contributed by atoms with Gasteiger partial charge in [-0.2, -0.15) is 0 Å². The van der Waals surface area contributed by atoms with Gasteiger partial charge in [0.15, 0.2) is 0 Å². The topological polar surface area (TPSA) is 41.6 Å². The van der Waals surface area contributed by atoms with E-state index in [1.54, 1.807) is 0 Å². The smallest absolute Gasteiger partial charge is 0.307 e. The fourth-order valence-electron chi connectivity index (χ4n) is 3.42. The SMILES string of the molecule is COC(=O)CC1CN(C2CCCCC2)CC(C)CN1. The largest absolute Gasteiger partial charge is 0.469 e. The number of carbonyl (C=O) groups is 1. The summed E-state index contributed by atoms with van der Waals surface area (Å²) in [6.07, 6.45) is 7.28. The Morgan fingerprint density at radius 2 is 2.00 bits per heavy atom. The first-order valence-corrected chi connectivity index (χ1v) is 7.73. The zero-order valence-electron chi connectivity index (χ0n) is 12.4. The van der Waals surface area contributed by atoms with Gasteiger partial charge in [0.2, 0.25) is 0 Å². The summed E-state index contributed by atoms with van der Waals surface area (Å²) in [6, 6.07) is 0.982. The Bertz CT molecular complexity index is 290. The van der Waals surface area contributed by atoms with Crippen molar-refractivity contribution >= 4 is 5.97 Å². The Kier molecular flexibility index (Phi) is 5.64. The van der Waals surface area contributed by atoms with Gasteiger partial charge in [0.05, 0.1) is 13.5 Å². The van der Waals surface area contributed by atoms with E-state index in [9.17, 15) is 4.79 Å². The summed E-state index contributed by atoms with van der Waals surface area (Å²) >= 11 is 0. The maximum Gasteiger partial charge on any atom is 0.307 e. The molecule has 19 heavy (non-hydrogen) atoms. The molecule has 110 valence electrons. The average molecular weight is 268 g/mol. The second-order valence-electron chi connectivity index (χ2n) is 6.24. The predicted octanol–water partition coefficient (Wildman–Crippen LogP) is 1.79. The van der Waals surface area contributed by atoms with E-state index < -0.39 is 0 Å². The summed E-state index contributed by atoms with van der Waals surface area (Å²) in [6.45, 7) is 5.45. The van der Waals surface area contributed by atoms with Crippen molar-refractivity contribution in [2.75, 3.05) is 26.7 Å². The van der Waals surface area contributed by atoms with Crippen LogP contribution in [0.1, 0.15) is 45.4 Å². The molecule has 1 saturated heterocycles. The van der Waals surface area contributed by atoms with Crippen molar-refractivity contribution in [2.45, 2.75) is 57.5 Å². The van der Waals surface area contributed by atoms with E-state index in [1.807, 2.05) is 0 Å². The van der Waals surface area contributed by atoms with Gasteiger partial charge >= 0.3 is 5.97 Å². The first kappa shape index (κ1) is 14.8. The zero-order valence-corrected chi connectivity index (χ0v) is 12.4. The van der Waals surface area contributed by atoms with Crippen molar-refractivity contribution in [2.24, 2.45) is 5.92 Å². The molecule has 2 unspecified atom stereocenters. The van der Waals surface area contributed by atoms with E-state index in [4.69, 9.17) is 4.74 Å². The Hall–Kier alpha value is -0.610. The van der Waals surface area contributed by atoms with Crippen LogP contribution in [0.2, 0.25) is 0 Å². The Morgan fingerprint density at radius 1 is 1.26 bits per heavy atom. The molecular formula is C15H28N2O2. The summed E-state index contributed by atoms with van der Waals surface area (Å²) in [5.74, 6) is 0.556. The van der Waals surface area contributed by atoms with Crippen LogP contribution in [0.4, 0.5) is 0 Å². The van der Waals surface area contributed by atoms with Crippen molar-refractivity contribution in [1.82, 2.24) is 10.2 Å². The van der Waals surface area contributed by atoms with Gasteiger partial charge in [0.1, 0.15) is 0 Å². The third kappa shape index (κ3) is 4.46. The van der Waals surface area contributed by atoms with Crippen molar-refractivity contribution < 1.29 is 9.53 Å². The third-order valence-electron chi connectivity index (χ3n) is 4.49. The molecule has 1 aliphatic heterocycles. The summed E-state index contributed by atoms with van der Waals surface area (Å²) in [4.78, 5) is 14.1. The van der Waals surface area contributed by atoms with E-state index in [0.717, 1.165) is 25.7 Å². The lowest BCUT2D eigenvalue weighted by Crippen LogP contribution is -2.44. The number of carbonyl (C=O) groups excluding carboxylic acids is 1. The highest BCUT2D eigenvalue weighted by Crippen LogP contribution is 2.24. The number of hydrogen-bond acceptors (Lipinski definition) is 4. The summed E-state index contributed by atoms with van der Waals surface area (Å²) in [5, 5.41) is 3.52. The average Bonchev–Trinajstić information content (AvgIpc) is 2.62. The fraction of sp³-hybridized carbons (Fsp3) is 0.933. The van der Waals surface area contributed by atoms with Crippen LogP contribution in [0, 0.1) is 5.92 Å². The molecule has 4 heteroatoms. The van der Waals surface area contributed by atoms with E-state index in [1.165, 1.54) is 39.2 Å². The highest BCUT2D eigenvalue weighted by atomic mass is 16.5. The van der Waals surface area contributed by atoms with Crippen molar-refractivity contribution in [3.8, 4) is 0 Å². The van der Waals surface area contributed by atoms with Crippen LogP contribution < -0.4 is 5.32 Å². The number of esters is 1. The minimum atomic E-state index is -0.101. The second kappa shape index (κ2) is 7.25. The molecule has 2 aliphatic rings. The molecule has 0 aromatic rings. The quantitative estimate of drug-likeness (QED) is 0.792. The molecule has 0 spiro atoms. The van der Waals surface area contributed by atoms with E-state index in [2.05, 4.69) is 17.1 Å². The number of methoxy groups -OCH3 is 1. The molecule has 0 radical (unpaired) electrons. The Balaban J connectivity index is 1.94. The van der Waals surface area contributed by atoms with Crippen LogP contribution in [0.25, 0.3) is 0 Å². The van der Waals surface area contributed by atoms with Gasteiger partial charge in [-0.3, -0.25) is 9.69 Å². The Labute approximate surface area is 116 Å². The summed E-state index contributed by atoms with van der Waals surface area (Å²) in [5.41, 5.74) is 0. The molecule has 0 bridgehead atoms. The van der Waals surface area contributed by atoms with Gasteiger partial charge in [-0.15, -0.1) is 0 Å². The maximum atomic E-state index is 11.5. The number of nitrogens with one attached hydrogen (secondary N) is 1. The fourth-order valence-corrected chi connectivity index (χ4v) is 3.42. The number of hydrogen-bond donors (Lipinski definition) is 1.